The van der Waals surface area contributed by atoms with Crippen molar-refractivity contribution in [3.63, 3.8) is 0 Å². The van der Waals surface area contributed by atoms with Crippen molar-refractivity contribution < 1.29 is 14.4 Å². The van der Waals surface area contributed by atoms with Crippen LogP contribution in [0.1, 0.15) is 5.69 Å². The number of halogens is 1. The summed E-state index contributed by atoms with van der Waals surface area (Å²) in [7, 11) is -4.22. The summed E-state index contributed by atoms with van der Waals surface area (Å²) in [4.78, 5) is 21.1. The first-order valence-electron chi connectivity index (χ1n) is 3.26. The van der Waals surface area contributed by atoms with Gasteiger partial charge in [0.1, 0.15) is 0 Å². The van der Waals surface area contributed by atoms with Crippen LogP contribution in [0.3, 0.4) is 0 Å². The number of hydrogen-bond acceptors (Lipinski definition) is 3. The van der Waals surface area contributed by atoms with Crippen molar-refractivity contribution in [1.29, 1.82) is 0 Å². The molecular weight excluding hydrogens is 215 g/mol. The SMILES string of the molecule is Cl.NCc1cccc(P(=O)(O)O)n1. The van der Waals surface area contributed by atoms with Crippen LogP contribution in [-0.2, 0) is 11.1 Å². The molecule has 0 saturated carbocycles. The fraction of sp³-hybridized carbons (Fsp3) is 0.167. The fourth-order valence-corrected chi connectivity index (χ4v) is 1.28. The van der Waals surface area contributed by atoms with Gasteiger partial charge in [-0.05, 0) is 12.1 Å². The number of hydrogen-bond donors (Lipinski definition) is 3. The van der Waals surface area contributed by atoms with Crippen LogP contribution in [0.25, 0.3) is 0 Å². The standard InChI is InChI=1S/C6H9N2O3P.ClH/c7-4-5-2-1-3-6(8-5)12(9,10)11;/h1-3H,4,7H2,(H2,9,10,11);1H. The predicted molar refractivity (Wildman–Crippen MR) is 51.1 cm³/mol. The van der Waals surface area contributed by atoms with Crippen LogP contribution in [0.2, 0.25) is 0 Å². The summed E-state index contributed by atoms with van der Waals surface area (Å²) < 4.78 is 10.7. The first-order chi connectivity index (χ1) is 5.54. The largest absolute Gasteiger partial charge is 0.374 e. The Morgan fingerprint density at radius 1 is 1.46 bits per heavy atom. The molecule has 0 spiro atoms. The van der Waals surface area contributed by atoms with E-state index in [1.807, 2.05) is 0 Å². The molecule has 0 fully saturated rings. The molecule has 7 heteroatoms. The molecule has 5 nitrogen and oxygen atoms in total. The normalized spacial score (nSPS) is 10.7. The first kappa shape index (κ1) is 12.6. The van der Waals surface area contributed by atoms with E-state index in [0.717, 1.165) is 0 Å². The highest BCUT2D eigenvalue weighted by Gasteiger charge is 2.18. The number of rotatable bonds is 2. The highest BCUT2D eigenvalue weighted by molar-refractivity contribution is 7.60. The highest BCUT2D eigenvalue weighted by atomic mass is 35.5. The smallest absolute Gasteiger partial charge is 0.325 e. The average Bonchev–Trinajstić information content (AvgIpc) is 2.03. The molecular formula is C6H10ClN2O3P. The predicted octanol–water partition coefficient (Wildman–Crippen LogP) is -0.235. The van der Waals surface area contributed by atoms with Crippen molar-refractivity contribution >= 4 is 25.4 Å². The molecule has 0 aliphatic heterocycles. The lowest BCUT2D eigenvalue weighted by Gasteiger charge is -2.03. The van der Waals surface area contributed by atoms with Gasteiger partial charge in [-0.25, -0.2) is 4.98 Å². The number of nitrogens with two attached hydrogens (primary N) is 1. The summed E-state index contributed by atoms with van der Waals surface area (Å²) in [6.45, 7) is 0.174. The van der Waals surface area contributed by atoms with Gasteiger partial charge in [-0.1, -0.05) is 6.07 Å². The number of pyridine rings is 1. The Hall–Kier alpha value is -0.450. The van der Waals surface area contributed by atoms with Crippen LogP contribution in [0.5, 0.6) is 0 Å². The van der Waals surface area contributed by atoms with Gasteiger partial charge in [0.2, 0.25) is 0 Å². The van der Waals surface area contributed by atoms with Gasteiger partial charge in [-0.2, -0.15) is 0 Å². The molecule has 0 aliphatic carbocycles. The van der Waals surface area contributed by atoms with E-state index in [2.05, 4.69) is 4.98 Å². The minimum Gasteiger partial charge on any atom is -0.325 e. The summed E-state index contributed by atoms with van der Waals surface area (Å²) >= 11 is 0. The van der Waals surface area contributed by atoms with E-state index >= 15 is 0 Å². The number of nitrogens with zero attached hydrogens (tertiary/aromatic N) is 1. The fourth-order valence-electron chi connectivity index (χ4n) is 0.743. The molecule has 0 amide bonds. The topological polar surface area (TPSA) is 96.4 Å². The zero-order valence-corrected chi connectivity index (χ0v) is 8.33. The minimum atomic E-state index is -4.22. The Kier molecular flexibility index (Phi) is 4.53. The Morgan fingerprint density at radius 2 is 2.08 bits per heavy atom. The summed E-state index contributed by atoms with van der Waals surface area (Å²) in [5.41, 5.74) is 5.48. The highest BCUT2D eigenvalue weighted by Crippen LogP contribution is 2.31. The second-order valence-electron chi connectivity index (χ2n) is 2.24. The molecule has 1 aromatic rings. The molecule has 0 saturated heterocycles. The van der Waals surface area contributed by atoms with E-state index < -0.39 is 7.60 Å². The molecule has 1 rings (SSSR count). The zero-order chi connectivity index (χ0) is 9.19. The third-order valence-corrected chi connectivity index (χ3v) is 2.15. The lowest BCUT2D eigenvalue weighted by molar-refractivity contribution is 0.386. The van der Waals surface area contributed by atoms with Gasteiger partial charge < -0.3 is 15.5 Å². The van der Waals surface area contributed by atoms with E-state index in [4.69, 9.17) is 15.5 Å². The van der Waals surface area contributed by atoms with Gasteiger partial charge in [0.25, 0.3) is 0 Å². The lowest BCUT2D eigenvalue weighted by Crippen LogP contribution is -2.12. The molecule has 0 aromatic carbocycles. The van der Waals surface area contributed by atoms with Gasteiger partial charge in [-0.3, -0.25) is 4.57 Å². The van der Waals surface area contributed by atoms with Crippen LogP contribution < -0.4 is 11.2 Å². The Balaban J connectivity index is 0.00000144. The molecule has 0 aliphatic rings. The summed E-state index contributed by atoms with van der Waals surface area (Å²) in [6, 6.07) is 4.41. The van der Waals surface area contributed by atoms with Crippen molar-refractivity contribution in [1.82, 2.24) is 4.98 Å². The van der Waals surface area contributed by atoms with Gasteiger partial charge in [-0.15, -0.1) is 12.4 Å². The molecule has 1 heterocycles. The van der Waals surface area contributed by atoms with Crippen LogP contribution in [-0.4, -0.2) is 14.8 Å². The average molecular weight is 225 g/mol. The third-order valence-electron chi connectivity index (χ3n) is 1.30. The van der Waals surface area contributed by atoms with Crippen LogP contribution in [0, 0.1) is 0 Å². The quantitative estimate of drug-likeness (QED) is 0.603. The van der Waals surface area contributed by atoms with Crippen molar-refractivity contribution in [2.45, 2.75) is 6.54 Å². The van der Waals surface area contributed by atoms with E-state index in [-0.39, 0.29) is 24.4 Å². The summed E-state index contributed by atoms with van der Waals surface area (Å²) in [5, 5.41) is 0. The van der Waals surface area contributed by atoms with E-state index in [9.17, 15) is 4.57 Å². The molecule has 0 unspecified atom stereocenters. The maximum Gasteiger partial charge on any atom is 0.374 e. The number of aromatic nitrogens is 1. The molecule has 0 radical (unpaired) electrons. The monoisotopic (exact) mass is 224 g/mol. The third kappa shape index (κ3) is 3.42. The second-order valence-corrected chi connectivity index (χ2v) is 3.78. The van der Waals surface area contributed by atoms with Crippen molar-refractivity contribution in [3.05, 3.63) is 23.9 Å². The molecule has 74 valence electrons. The molecule has 13 heavy (non-hydrogen) atoms. The Bertz CT molecular complexity index is 327. The van der Waals surface area contributed by atoms with Gasteiger partial charge in [0, 0.05) is 6.54 Å². The zero-order valence-electron chi connectivity index (χ0n) is 6.62. The van der Waals surface area contributed by atoms with Crippen molar-refractivity contribution in [2.75, 3.05) is 0 Å². The van der Waals surface area contributed by atoms with Crippen LogP contribution in [0.4, 0.5) is 0 Å². The van der Waals surface area contributed by atoms with Crippen LogP contribution >= 0.6 is 20.0 Å². The minimum absolute atomic E-state index is 0. The van der Waals surface area contributed by atoms with Gasteiger partial charge in [0.05, 0.1) is 5.69 Å². The first-order valence-corrected chi connectivity index (χ1v) is 4.87. The van der Waals surface area contributed by atoms with Crippen LogP contribution in [0.15, 0.2) is 18.2 Å². The van der Waals surface area contributed by atoms with Crippen molar-refractivity contribution in [2.24, 2.45) is 5.73 Å². The molecule has 0 atom stereocenters. The maximum absolute atomic E-state index is 10.7. The van der Waals surface area contributed by atoms with Crippen molar-refractivity contribution in [3.8, 4) is 0 Å². The molecule has 1 aromatic heterocycles. The Morgan fingerprint density at radius 3 is 2.54 bits per heavy atom. The lowest BCUT2D eigenvalue weighted by atomic mass is 10.4. The molecule has 0 bridgehead atoms. The summed E-state index contributed by atoms with van der Waals surface area (Å²) in [5.74, 6) is 0. The van der Waals surface area contributed by atoms with Gasteiger partial charge >= 0.3 is 7.60 Å². The van der Waals surface area contributed by atoms with Gasteiger partial charge in [0.15, 0.2) is 5.44 Å². The molecule has 4 N–H and O–H groups in total. The van der Waals surface area contributed by atoms with E-state index in [0.29, 0.717) is 5.69 Å². The second kappa shape index (κ2) is 4.69. The van der Waals surface area contributed by atoms with E-state index in [1.54, 1.807) is 6.07 Å². The van der Waals surface area contributed by atoms with E-state index in [1.165, 1.54) is 12.1 Å². The maximum atomic E-state index is 10.7. The Labute approximate surface area is 81.6 Å². The summed E-state index contributed by atoms with van der Waals surface area (Å²) in [6.07, 6.45) is 0.